The summed E-state index contributed by atoms with van der Waals surface area (Å²) in [5.74, 6) is 1.54. The zero-order valence-corrected chi connectivity index (χ0v) is 16.9. The predicted molar refractivity (Wildman–Crippen MR) is 114 cm³/mol. The highest BCUT2D eigenvalue weighted by Crippen LogP contribution is 2.36. The number of rotatable bonds is 3. The van der Waals surface area contributed by atoms with E-state index in [1.54, 1.807) is 24.8 Å². The Morgan fingerprint density at radius 3 is 2.68 bits per heavy atom. The molecule has 2 aliphatic rings. The molecule has 1 amide bonds. The molecule has 0 aliphatic carbocycles. The lowest BCUT2D eigenvalue weighted by Gasteiger charge is -2.39. The molecule has 0 radical (unpaired) electrons. The number of hydrogen-bond acceptors (Lipinski definition) is 6. The number of likely N-dealkylation sites (tertiary alicyclic amines) is 1. The Labute approximate surface area is 178 Å². The number of para-hydroxylation sites is 1. The highest BCUT2D eigenvalue weighted by molar-refractivity contribution is 5.97. The topological polar surface area (TPSA) is 84.5 Å². The third kappa shape index (κ3) is 2.96. The number of carbonyl (C=O) groups excluding carboxylic acids is 1. The van der Waals surface area contributed by atoms with Gasteiger partial charge in [0.2, 0.25) is 0 Å². The first-order chi connectivity index (χ1) is 15.3. The largest absolute Gasteiger partial charge is 0.350 e. The molecule has 5 heterocycles. The van der Waals surface area contributed by atoms with E-state index in [1.165, 1.54) is 4.80 Å². The van der Waals surface area contributed by atoms with Gasteiger partial charge in [-0.1, -0.05) is 12.1 Å². The molecule has 6 rings (SSSR count). The molecule has 0 spiro atoms. The summed E-state index contributed by atoms with van der Waals surface area (Å²) in [6.45, 7) is 2.39. The first-order valence-electron chi connectivity index (χ1n) is 10.6. The molecule has 2 atom stereocenters. The number of amides is 1. The van der Waals surface area contributed by atoms with Crippen LogP contribution in [-0.2, 0) is 0 Å². The van der Waals surface area contributed by atoms with Gasteiger partial charge in [0.05, 0.1) is 35.9 Å². The molecule has 2 aliphatic heterocycles. The second-order valence-electron chi connectivity index (χ2n) is 8.10. The molecule has 156 valence electrons. The quantitative estimate of drug-likeness (QED) is 0.510. The summed E-state index contributed by atoms with van der Waals surface area (Å²) in [4.78, 5) is 24.0. The molecule has 4 aromatic rings. The highest BCUT2D eigenvalue weighted by atomic mass is 16.2. The fourth-order valence-electron chi connectivity index (χ4n) is 4.99. The summed E-state index contributed by atoms with van der Waals surface area (Å²) in [5, 5.41) is 12.8. The Balaban J connectivity index is 1.30. The van der Waals surface area contributed by atoms with E-state index < -0.39 is 0 Å². The van der Waals surface area contributed by atoms with Crippen molar-refractivity contribution in [2.24, 2.45) is 5.92 Å². The Morgan fingerprint density at radius 1 is 0.935 bits per heavy atom. The number of nitrogens with zero attached hydrogens (tertiary/aromatic N) is 8. The summed E-state index contributed by atoms with van der Waals surface area (Å²) in [5.41, 5.74) is 2.33. The lowest BCUT2D eigenvalue weighted by atomic mass is 9.91. The Bertz CT molecular complexity index is 1230. The highest BCUT2D eigenvalue weighted by Gasteiger charge is 2.41. The van der Waals surface area contributed by atoms with Gasteiger partial charge in [-0.05, 0) is 37.0 Å². The second-order valence-corrected chi connectivity index (χ2v) is 8.10. The minimum Gasteiger partial charge on any atom is -0.350 e. The molecule has 0 saturated carbocycles. The molecular formula is C22H22N8O. The van der Waals surface area contributed by atoms with Crippen LogP contribution in [0.4, 0.5) is 5.82 Å². The van der Waals surface area contributed by atoms with Crippen LogP contribution < -0.4 is 4.90 Å². The van der Waals surface area contributed by atoms with Crippen molar-refractivity contribution in [1.82, 2.24) is 34.5 Å². The van der Waals surface area contributed by atoms with Crippen molar-refractivity contribution in [3.8, 4) is 5.69 Å². The van der Waals surface area contributed by atoms with E-state index in [-0.39, 0.29) is 11.9 Å². The zero-order chi connectivity index (χ0) is 20.8. The van der Waals surface area contributed by atoms with E-state index in [9.17, 15) is 4.79 Å². The van der Waals surface area contributed by atoms with Crippen LogP contribution in [-0.4, -0.2) is 66.1 Å². The van der Waals surface area contributed by atoms with Crippen LogP contribution in [0.25, 0.3) is 11.2 Å². The average molecular weight is 414 g/mol. The van der Waals surface area contributed by atoms with Gasteiger partial charge in [-0.3, -0.25) is 4.79 Å². The van der Waals surface area contributed by atoms with Crippen molar-refractivity contribution >= 4 is 17.2 Å². The zero-order valence-electron chi connectivity index (χ0n) is 16.9. The van der Waals surface area contributed by atoms with Crippen LogP contribution in [0.1, 0.15) is 23.2 Å². The standard InChI is InChI=1S/C22H22N8O/c31-22(17-3-1-2-4-18(17)30-25-9-10-26-30)27-12-6-16-7-13-28(20(16)15-27)21-19-5-8-24-29(19)14-11-23-21/h1-5,8-11,14,16,20H,6-7,12-13,15H2/t16-,20-/m0/s1. The molecule has 31 heavy (non-hydrogen) atoms. The number of aromatic nitrogens is 6. The lowest BCUT2D eigenvalue weighted by molar-refractivity contribution is 0.0678. The predicted octanol–water partition coefficient (Wildman–Crippen LogP) is 2.05. The fourth-order valence-corrected chi connectivity index (χ4v) is 4.99. The molecule has 9 nitrogen and oxygen atoms in total. The fraction of sp³-hybridized carbons (Fsp3) is 0.318. The number of benzene rings is 1. The van der Waals surface area contributed by atoms with Crippen LogP contribution in [0.2, 0.25) is 0 Å². The number of carbonyl (C=O) groups is 1. The molecular weight excluding hydrogens is 392 g/mol. The maximum atomic E-state index is 13.5. The Morgan fingerprint density at radius 2 is 1.77 bits per heavy atom. The van der Waals surface area contributed by atoms with Gasteiger partial charge in [-0.15, -0.1) is 0 Å². The molecule has 0 bridgehead atoms. The van der Waals surface area contributed by atoms with Gasteiger partial charge in [-0.25, -0.2) is 9.50 Å². The smallest absolute Gasteiger partial charge is 0.256 e. The summed E-state index contributed by atoms with van der Waals surface area (Å²) in [6.07, 6.45) is 10.8. The summed E-state index contributed by atoms with van der Waals surface area (Å²) in [7, 11) is 0. The van der Waals surface area contributed by atoms with Crippen molar-refractivity contribution in [3.63, 3.8) is 0 Å². The first kappa shape index (κ1) is 18.1. The monoisotopic (exact) mass is 414 g/mol. The number of fused-ring (bicyclic) bond motifs is 2. The normalized spacial score (nSPS) is 20.9. The SMILES string of the molecule is O=C(c1ccccc1-n1nccn1)N1CC[C@H]2CCN(c3nccn4nccc34)[C@H]2C1. The molecule has 9 heteroatoms. The lowest BCUT2D eigenvalue weighted by Crippen LogP contribution is -2.50. The summed E-state index contributed by atoms with van der Waals surface area (Å²) < 4.78 is 1.86. The Hall–Kier alpha value is -3.75. The van der Waals surface area contributed by atoms with Crippen LogP contribution in [0, 0.1) is 5.92 Å². The molecule has 3 aromatic heterocycles. The number of hydrogen-bond donors (Lipinski definition) is 0. The molecule has 2 fully saturated rings. The summed E-state index contributed by atoms with van der Waals surface area (Å²) in [6, 6.07) is 9.77. The Kier molecular flexibility index (Phi) is 4.19. The number of anilines is 1. The van der Waals surface area contributed by atoms with Crippen molar-refractivity contribution in [1.29, 1.82) is 0 Å². The maximum Gasteiger partial charge on any atom is 0.256 e. The van der Waals surface area contributed by atoms with Crippen LogP contribution in [0.3, 0.4) is 0 Å². The van der Waals surface area contributed by atoms with Gasteiger partial charge >= 0.3 is 0 Å². The van der Waals surface area contributed by atoms with E-state index >= 15 is 0 Å². The third-order valence-electron chi connectivity index (χ3n) is 6.49. The minimum absolute atomic E-state index is 0.0220. The van der Waals surface area contributed by atoms with Gasteiger partial charge in [0.1, 0.15) is 5.52 Å². The van der Waals surface area contributed by atoms with Crippen molar-refractivity contribution < 1.29 is 4.79 Å². The van der Waals surface area contributed by atoms with E-state index in [4.69, 9.17) is 0 Å². The van der Waals surface area contributed by atoms with Gasteiger partial charge in [-0.2, -0.15) is 20.1 Å². The van der Waals surface area contributed by atoms with Gasteiger partial charge in [0.25, 0.3) is 5.91 Å². The van der Waals surface area contributed by atoms with Gasteiger partial charge in [0.15, 0.2) is 5.82 Å². The molecule has 0 unspecified atom stereocenters. The first-order valence-corrected chi connectivity index (χ1v) is 10.6. The maximum absolute atomic E-state index is 13.5. The van der Waals surface area contributed by atoms with Gasteiger partial charge in [0, 0.05) is 32.0 Å². The van der Waals surface area contributed by atoms with E-state index in [0.29, 0.717) is 23.7 Å². The van der Waals surface area contributed by atoms with Crippen molar-refractivity contribution in [2.75, 3.05) is 24.5 Å². The van der Waals surface area contributed by atoms with Gasteiger partial charge < -0.3 is 9.80 Å². The van der Waals surface area contributed by atoms with Crippen LogP contribution in [0.15, 0.2) is 61.3 Å². The second kappa shape index (κ2) is 7.19. The van der Waals surface area contributed by atoms with E-state index in [0.717, 1.165) is 37.3 Å². The molecule has 1 aromatic carbocycles. The van der Waals surface area contributed by atoms with Crippen molar-refractivity contribution in [3.05, 3.63) is 66.9 Å². The molecule has 0 N–H and O–H groups in total. The minimum atomic E-state index is 0.0220. The number of piperidine rings is 1. The third-order valence-corrected chi connectivity index (χ3v) is 6.49. The summed E-state index contributed by atoms with van der Waals surface area (Å²) >= 11 is 0. The van der Waals surface area contributed by atoms with Crippen LogP contribution >= 0.6 is 0 Å². The van der Waals surface area contributed by atoms with Crippen molar-refractivity contribution in [2.45, 2.75) is 18.9 Å². The average Bonchev–Trinajstić information content (AvgIpc) is 3.58. The van der Waals surface area contributed by atoms with E-state index in [1.807, 2.05) is 45.9 Å². The van der Waals surface area contributed by atoms with Crippen LogP contribution in [0.5, 0.6) is 0 Å². The van der Waals surface area contributed by atoms with E-state index in [2.05, 4.69) is 25.2 Å². The molecule has 2 saturated heterocycles.